The normalized spacial score (nSPS) is 20.6. The molecule has 2 aromatic rings. The van der Waals surface area contributed by atoms with E-state index in [1.165, 1.54) is 40.8 Å². The third-order valence-corrected chi connectivity index (χ3v) is 6.53. The van der Waals surface area contributed by atoms with E-state index in [9.17, 15) is 0 Å². The number of hydrogen-bond donors (Lipinski definition) is 0. The van der Waals surface area contributed by atoms with Gasteiger partial charge < -0.3 is 4.74 Å². The predicted molar refractivity (Wildman–Crippen MR) is 113 cm³/mol. The highest BCUT2D eigenvalue weighted by atomic mass is 32.1. The highest BCUT2D eigenvalue weighted by molar-refractivity contribution is 7.07. The quantitative estimate of drug-likeness (QED) is 0.732. The highest BCUT2D eigenvalue weighted by Crippen LogP contribution is 2.28. The fourth-order valence-electron chi connectivity index (χ4n) is 3.92. The Bertz CT molecular complexity index is 908. The van der Waals surface area contributed by atoms with E-state index in [2.05, 4.69) is 43.0 Å². The minimum atomic E-state index is 0.270. The number of nitrogens with zero attached hydrogens (tertiary/aromatic N) is 3. The third kappa shape index (κ3) is 4.09. The summed E-state index contributed by atoms with van der Waals surface area (Å²) in [5.74, 6) is 0. The van der Waals surface area contributed by atoms with Crippen LogP contribution in [0.4, 0.5) is 0 Å². The monoisotopic (exact) mass is 383 g/mol. The van der Waals surface area contributed by atoms with E-state index in [0.717, 1.165) is 49.3 Å². The molecule has 0 amide bonds. The number of thiazole rings is 1. The molecule has 2 fully saturated rings. The van der Waals surface area contributed by atoms with E-state index in [-0.39, 0.29) is 6.10 Å². The minimum Gasteiger partial charge on any atom is -0.376 e. The fraction of sp³-hybridized carbons (Fsp3) is 0.545. The lowest BCUT2D eigenvalue weighted by atomic mass is 9.99. The van der Waals surface area contributed by atoms with Gasteiger partial charge in [-0.2, -0.15) is 5.10 Å². The number of rotatable bonds is 4. The summed E-state index contributed by atoms with van der Waals surface area (Å²) in [6.45, 7) is 8.15. The van der Waals surface area contributed by atoms with Crippen molar-refractivity contribution < 1.29 is 4.74 Å². The Labute approximate surface area is 165 Å². The molecule has 1 saturated heterocycles. The molecule has 1 aromatic heterocycles. The fourth-order valence-corrected chi connectivity index (χ4v) is 4.75. The second-order valence-corrected chi connectivity index (χ2v) is 8.65. The van der Waals surface area contributed by atoms with Crippen LogP contribution in [-0.2, 0) is 4.74 Å². The van der Waals surface area contributed by atoms with Crippen LogP contribution in [0.25, 0.3) is 11.3 Å². The maximum Gasteiger partial charge on any atom is 0.206 e. The topological polar surface area (TPSA) is 38.9 Å². The smallest absolute Gasteiger partial charge is 0.206 e. The van der Waals surface area contributed by atoms with Gasteiger partial charge >= 0.3 is 0 Å². The number of benzene rings is 1. The minimum absolute atomic E-state index is 0.270. The Morgan fingerprint density at radius 2 is 1.85 bits per heavy atom. The van der Waals surface area contributed by atoms with Crippen molar-refractivity contribution in [2.45, 2.75) is 65.4 Å². The molecule has 0 N–H and O–H groups in total. The van der Waals surface area contributed by atoms with Gasteiger partial charge in [0.05, 0.1) is 18.3 Å². The van der Waals surface area contributed by atoms with Crippen molar-refractivity contribution in [3.8, 4) is 11.3 Å². The van der Waals surface area contributed by atoms with Gasteiger partial charge in [0.15, 0.2) is 0 Å². The standard InChI is InChI=1S/C22H29N3OS/c1-15-11-17(3)20(12-16(15)2)21-14-27-22(23-13-19-9-6-10-26-19)25(21)24-18-7-4-5-8-18/h11-12,14,19H,4-10,13H2,1-3H3/t19-/m1/s1. The Morgan fingerprint density at radius 3 is 2.59 bits per heavy atom. The van der Waals surface area contributed by atoms with Crippen LogP contribution in [0.3, 0.4) is 0 Å². The molecule has 1 aliphatic heterocycles. The molecule has 1 aromatic carbocycles. The van der Waals surface area contributed by atoms with Crippen LogP contribution in [0.5, 0.6) is 0 Å². The number of hydrogen-bond acceptors (Lipinski definition) is 4. The van der Waals surface area contributed by atoms with Gasteiger partial charge in [0.2, 0.25) is 4.80 Å². The summed E-state index contributed by atoms with van der Waals surface area (Å²) in [6.07, 6.45) is 7.27. The van der Waals surface area contributed by atoms with Gasteiger partial charge in [-0.15, -0.1) is 11.3 Å². The highest BCUT2D eigenvalue weighted by Gasteiger charge is 2.17. The van der Waals surface area contributed by atoms with Crippen molar-refractivity contribution in [1.29, 1.82) is 0 Å². The van der Waals surface area contributed by atoms with Crippen molar-refractivity contribution in [3.05, 3.63) is 39.0 Å². The van der Waals surface area contributed by atoms with E-state index >= 15 is 0 Å². The predicted octanol–water partition coefficient (Wildman–Crippen LogP) is 5.00. The lowest BCUT2D eigenvalue weighted by Gasteiger charge is -2.11. The Morgan fingerprint density at radius 1 is 1.07 bits per heavy atom. The molecular formula is C22H29N3OS. The van der Waals surface area contributed by atoms with E-state index in [1.807, 2.05) is 0 Å². The van der Waals surface area contributed by atoms with Crippen LogP contribution in [0, 0.1) is 20.8 Å². The summed E-state index contributed by atoms with van der Waals surface area (Å²) in [5.41, 5.74) is 7.67. The first-order chi connectivity index (χ1) is 13.1. The van der Waals surface area contributed by atoms with Gasteiger partial charge in [0.25, 0.3) is 0 Å². The first kappa shape index (κ1) is 18.6. The Kier molecular flexibility index (Phi) is 5.60. The number of ether oxygens (including phenoxy) is 1. The molecule has 27 heavy (non-hydrogen) atoms. The van der Waals surface area contributed by atoms with Crippen LogP contribution in [0.15, 0.2) is 27.6 Å². The third-order valence-electron chi connectivity index (χ3n) is 5.68. The molecule has 4 rings (SSSR count). The Balaban J connectivity index is 1.78. The van der Waals surface area contributed by atoms with Crippen LogP contribution in [0.1, 0.15) is 55.2 Å². The molecule has 2 heterocycles. The van der Waals surface area contributed by atoms with Gasteiger partial charge in [0.1, 0.15) is 0 Å². The average molecular weight is 384 g/mol. The summed E-state index contributed by atoms with van der Waals surface area (Å²) in [5, 5.41) is 7.25. The molecule has 0 radical (unpaired) electrons. The number of aromatic nitrogens is 1. The zero-order valence-corrected chi connectivity index (χ0v) is 17.4. The zero-order chi connectivity index (χ0) is 18.8. The SMILES string of the molecule is Cc1cc(C)c(-c2csc(=NC[C@H]3CCCO3)n2N=C2CCCC2)cc1C. The van der Waals surface area contributed by atoms with E-state index < -0.39 is 0 Å². The van der Waals surface area contributed by atoms with E-state index in [4.69, 9.17) is 14.8 Å². The second-order valence-electron chi connectivity index (χ2n) is 7.82. The molecule has 0 unspecified atom stereocenters. The molecule has 1 aliphatic carbocycles. The molecule has 144 valence electrons. The van der Waals surface area contributed by atoms with Gasteiger partial charge in [-0.25, -0.2) is 4.68 Å². The van der Waals surface area contributed by atoms with Crippen LogP contribution < -0.4 is 4.80 Å². The van der Waals surface area contributed by atoms with Crippen LogP contribution >= 0.6 is 11.3 Å². The lowest BCUT2D eigenvalue weighted by Crippen LogP contribution is -2.18. The summed E-state index contributed by atoms with van der Waals surface area (Å²) in [4.78, 5) is 5.88. The molecule has 0 spiro atoms. The molecule has 1 saturated carbocycles. The van der Waals surface area contributed by atoms with Crippen LogP contribution in [0.2, 0.25) is 0 Å². The number of aryl methyl sites for hydroxylation is 3. The second kappa shape index (κ2) is 8.11. The molecule has 5 heteroatoms. The maximum atomic E-state index is 5.75. The first-order valence-electron chi connectivity index (χ1n) is 10.1. The van der Waals surface area contributed by atoms with Gasteiger partial charge in [-0.1, -0.05) is 6.07 Å². The lowest BCUT2D eigenvalue weighted by molar-refractivity contribution is 0.117. The van der Waals surface area contributed by atoms with Gasteiger partial charge in [-0.05, 0) is 82.1 Å². The molecule has 1 atom stereocenters. The van der Waals surface area contributed by atoms with Gasteiger partial charge in [0, 0.05) is 23.3 Å². The average Bonchev–Trinajstić information content (AvgIpc) is 3.40. The van der Waals surface area contributed by atoms with Gasteiger partial charge in [-0.3, -0.25) is 4.99 Å². The molecular weight excluding hydrogens is 354 g/mol. The summed E-state index contributed by atoms with van der Waals surface area (Å²) in [7, 11) is 0. The van der Waals surface area contributed by atoms with Crippen LogP contribution in [-0.4, -0.2) is 29.6 Å². The summed E-state index contributed by atoms with van der Waals surface area (Å²) < 4.78 is 7.85. The molecule has 0 bridgehead atoms. The summed E-state index contributed by atoms with van der Waals surface area (Å²) >= 11 is 1.69. The van der Waals surface area contributed by atoms with E-state index in [1.54, 1.807) is 11.3 Å². The van der Waals surface area contributed by atoms with Crippen molar-refractivity contribution >= 4 is 17.0 Å². The van der Waals surface area contributed by atoms with Crippen molar-refractivity contribution in [1.82, 2.24) is 4.68 Å². The molecule has 4 nitrogen and oxygen atoms in total. The van der Waals surface area contributed by atoms with E-state index in [0.29, 0.717) is 0 Å². The zero-order valence-electron chi connectivity index (χ0n) is 16.6. The maximum absolute atomic E-state index is 5.75. The molecule has 2 aliphatic rings. The van der Waals surface area contributed by atoms with Crippen molar-refractivity contribution in [2.75, 3.05) is 13.2 Å². The van der Waals surface area contributed by atoms with Crippen molar-refractivity contribution in [2.24, 2.45) is 10.1 Å². The van der Waals surface area contributed by atoms with Crippen molar-refractivity contribution in [3.63, 3.8) is 0 Å². The largest absolute Gasteiger partial charge is 0.376 e. The summed E-state index contributed by atoms with van der Waals surface area (Å²) in [6, 6.07) is 4.57. The Hall–Kier alpha value is -1.72. The first-order valence-corrected chi connectivity index (χ1v) is 11.0.